The van der Waals surface area contributed by atoms with Gasteiger partial charge in [0.05, 0.1) is 11.3 Å². The third kappa shape index (κ3) is 2.23. The van der Waals surface area contributed by atoms with E-state index in [1.807, 2.05) is 30.3 Å². The highest BCUT2D eigenvalue weighted by molar-refractivity contribution is 5.91. The number of fused-ring (bicyclic) bond motifs is 1. The summed E-state index contributed by atoms with van der Waals surface area (Å²) < 4.78 is 0. The number of carbonyl (C=O) groups is 1. The quantitative estimate of drug-likeness (QED) is 0.907. The minimum atomic E-state index is -1.14. The molecule has 1 aliphatic rings. The minimum Gasteiger partial charge on any atom is -0.478 e. The second kappa shape index (κ2) is 4.82. The van der Waals surface area contributed by atoms with Crippen molar-refractivity contribution in [2.45, 2.75) is 18.9 Å². The highest BCUT2D eigenvalue weighted by Crippen LogP contribution is 2.38. The molecule has 4 nitrogen and oxygen atoms in total. The van der Waals surface area contributed by atoms with Crippen molar-refractivity contribution in [3.63, 3.8) is 0 Å². The Kier molecular flexibility index (Phi) is 3.11. The summed E-state index contributed by atoms with van der Waals surface area (Å²) in [5, 5.41) is 20.1. The normalized spacial score (nSPS) is 16.0. The van der Waals surface area contributed by atoms with Gasteiger partial charge in [-0.05, 0) is 42.2 Å². The molecule has 1 heterocycles. The molecule has 0 radical (unpaired) electrons. The number of carboxylic acids is 1. The number of nitrogens with zero attached hydrogens (tertiary/aromatic N) is 1. The molecule has 106 valence electrons. The maximum Gasteiger partial charge on any atom is 0.336 e. The van der Waals surface area contributed by atoms with E-state index in [1.54, 1.807) is 13.0 Å². The average molecular weight is 281 g/mol. The van der Waals surface area contributed by atoms with Crippen LogP contribution in [-0.2, 0) is 12.0 Å². The fourth-order valence-corrected chi connectivity index (χ4v) is 2.69. The van der Waals surface area contributed by atoms with Crippen molar-refractivity contribution >= 4 is 12.0 Å². The monoisotopic (exact) mass is 281 g/mol. The molecular formula is C17H15NO3. The molecule has 4 heteroatoms. The first-order chi connectivity index (χ1) is 10.00. The van der Waals surface area contributed by atoms with E-state index in [0.717, 1.165) is 11.1 Å². The van der Waals surface area contributed by atoms with Gasteiger partial charge in [-0.1, -0.05) is 30.3 Å². The third-order valence-electron chi connectivity index (χ3n) is 3.96. The van der Waals surface area contributed by atoms with Crippen LogP contribution in [0, 0.1) is 0 Å². The Morgan fingerprint density at radius 1 is 1.24 bits per heavy atom. The van der Waals surface area contributed by atoms with Crippen LogP contribution in [0.4, 0.5) is 0 Å². The van der Waals surface area contributed by atoms with Gasteiger partial charge in [0.1, 0.15) is 5.60 Å². The molecule has 1 aromatic carbocycles. The molecule has 21 heavy (non-hydrogen) atoms. The molecule has 1 aromatic heterocycles. The Morgan fingerprint density at radius 3 is 2.62 bits per heavy atom. The maximum atomic E-state index is 11.3. The summed E-state index contributed by atoms with van der Waals surface area (Å²) in [6, 6.07) is 10.8. The molecule has 0 saturated carbocycles. The fraction of sp³-hybridized carbons (Fsp3) is 0.176. The molecule has 1 unspecified atom stereocenters. The predicted octanol–water partition coefficient (Wildman–Crippen LogP) is 2.63. The SMILES string of the molecule is CC(O)(C1=Cc2nccc(C(=O)O)c2C1)c1ccccc1. The van der Waals surface area contributed by atoms with Gasteiger partial charge < -0.3 is 10.2 Å². The van der Waals surface area contributed by atoms with Crippen molar-refractivity contribution in [1.82, 2.24) is 4.98 Å². The van der Waals surface area contributed by atoms with Crippen LogP contribution in [0.3, 0.4) is 0 Å². The van der Waals surface area contributed by atoms with Crippen LogP contribution in [0.2, 0.25) is 0 Å². The lowest BCUT2D eigenvalue weighted by atomic mass is 9.86. The zero-order chi connectivity index (χ0) is 15.0. The zero-order valence-electron chi connectivity index (χ0n) is 11.6. The lowest BCUT2D eigenvalue weighted by Crippen LogP contribution is -2.24. The summed E-state index contributed by atoms with van der Waals surface area (Å²) in [7, 11) is 0. The van der Waals surface area contributed by atoms with Gasteiger partial charge in [0, 0.05) is 6.20 Å². The molecule has 0 aliphatic heterocycles. The molecule has 1 aliphatic carbocycles. The predicted molar refractivity (Wildman–Crippen MR) is 78.9 cm³/mol. The van der Waals surface area contributed by atoms with E-state index in [2.05, 4.69) is 4.98 Å². The van der Waals surface area contributed by atoms with Gasteiger partial charge in [0.2, 0.25) is 0 Å². The van der Waals surface area contributed by atoms with E-state index in [0.29, 0.717) is 17.7 Å². The number of aromatic carboxylic acids is 1. The molecule has 1 atom stereocenters. The van der Waals surface area contributed by atoms with E-state index >= 15 is 0 Å². The largest absolute Gasteiger partial charge is 0.478 e. The molecule has 0 bridgehead atoms. The summed E-state index contributed by atoms with van der Waals surface area (Å²) >= 11 is 0. The summed E-state index contributed by atoms with van der Waals surface area (Å²) in [6.07, 6.45) is 3.67. The first-order valence-corrected chi connectivity index (χ1v) is 6.70. The van der Waals surface area contributed by atoms with E-state index in [1.165, 1.54) is 12.3 Å². The molecule has 2 N–H and O–H groups in total. The summed E-state index contributed by atoms with van der Waals surface area (Å²) in [5.41, 5.74) is 1.93. The summed E-state index contributed by atoms with van der Waals surface area (Å²) in [5.74, 6) is -0.970. The second-order valence-electron chi connectivity index (χ2n) is 5.31. The topological polar surface area (TPSA) is 70.4 Å². The molecule has 0 spiro atoms. The number of rotatable bonds is 3. The van der Waals surface area contributed by atoms with E-state index in [9.17, 15) is 15.0 Å². The number of aliphatic hydroxyl groups is 1. The maximum absolute atomic E-state index is 11.3. The number of pyridine rings is 1. The number of hydrogen-bond acceptors (Lipinski definition) is 3. The standard InChI is InChI=1S/C17H15NO3/c1-17(21,11-5-3-2-4-6-11)12-9-14-13(16(19)20)7-8-18-15(14)10-12/h2-8,10,21H,9H2,1H3,(H,19,20). The van der Waals surface area contributed by atoms with E-state index in [4.69, 9.17) is 0 Å². The molecule has 0 amide bonds. The fourth-order valence-electron chi connectivity index (χ4n) is 2.69. The summed E-state index contributed by atoms with van der Waals surface area (Å²) in [6.45, 7) is 1.72. The Morgan fingerprint density at radius 2 is 1.95 bits per heavy atom. The van der Waals surface area contributed by atoms with Crippen molar-refractivity contribution < 1.29 is 15.0 Å². The Hall–Kier alpha value is -2.46. The number of aromatic nitrogens is 1. The first-order valence-electron chi connectivity index (χ1n) is 6.70. The van der Waals surface area contributed by atoms with Gasteiger partial charge in [-0.3, -0.25) is 4.98 Å². The van der Waals surface area contributed by atoms with Crippen LogP contribution in [0.25, 0.3) is 6.08 Å². The van der Waals surface area contributed by atoms with Gasteiger partial charge in [0.25, 0.3) is 0 Å². The zero-order valence-corrected chi connectivity index (χ0v) is 11.6. The lowest BCUT2D eigenvalue weighted by Gasteiger charge is -2.25. The van der Waals surface area contributed by atoms with Gasteiger partial charge in [-0.15, -0.1) is 0 Å². The van der Waals surface area contributed by atoms with Crippen LogP contribution in [-0.4, -0.2) is 21.2 Å². The van der Waals surface area contributed by atoms with Crippen LogP contribution in [0.5, 0.6) is 0 Å². The molecule has 0 saturated heterocycles. The van der Waals surface area contributed by atoms with Crippen molar-refractivity contribution in [3.05, 3.63) is 70.6 Å². The van der Waals surface area contributed by atoms with Crippen molar-refractivity contribution in [3.8, 4) is 0 Å². The highest BCUT2D eigenvalue weighted by atomic mass is 16.4. The third-order valence-corrected chi connectivity index (χ3v) is 3.96. The van der Waals surface area contributed by atoms with Crippen LogP contribution >= 0.6 is 0 Å². The molecule has 3 rings (SSSR count). The van der Waals surface area contributed by atoms with Crippen LogP contribution in [0.1, 0.15) is 34.1 Å². The second-order valence-corrected chi connectivity index (χ2v) is 5.31. The van der Waals surface area contributed by atoms with Crippen molar-refractivity contribution in [2.24, 2.45) is 0 Å². The molecule has 0 fully saturated rings. The molecule has 2 aromatic rings. The number of hydrogen-bond donors (Lipinski definition) is 2. The Bertz CT molecular complexity index is 733. The van der Waals surface area contributed by atoms with E-state index < -0.39 is 11.6 Å². The van der Waals surface area contributed by atoms with Gasteiger partial charge in [0.15, 0.2) is 0 Å². The van der Waals surface area contributed by atoms with Crippen molar-refractivity contribution in [2.75, 3.05) is 0 Å². The first kappa shape index (κ1) is 13.5. The molecular weight excluding hydrogens is 266 g/mol. The average Bonchev–Trinajstić information content (AvgIpc) is 2.92. The number of benzene rings is 1. The summed E-state index contributed by atoms with van der Waals surface area (Å²) in [4.78, 5) is 15.5. The highest BCUT2D eigenvalue weighted by Gasteiger charge is 2.33. The van der Waals surface area contributed by atoms with Crippen LogP contribution < -0.4 is 0 Å². The van der Waals surface area contributed by atoms with E-state index in [-0.39, 0.29) is 5.56 Å². The van der Waals surface area contributed by atoms with Crippen molar-refractivity contribution in [1.29, 1.82) is 0 Å². The minimum absolute atomic E-state index is 0.245. The van der Waals surface area contributed by atoms with Gasteiger partial charge in [-0.2, -0.15) is 0 Å². The smallest absolute Gasteiger partial charge is 0.336 e. The number of carboxylic acid groups (broad SMARTS) is 1. The van der Waals surface area contributed by atoms with Gasteiger partial charge >= 0.3 is 5.97 Å². The van der Waals surface area contributed by atoms with Gasteiger partial charge in [-0.25, -0.2) is 4.79 Å². The Balaban J connectivity index is 2.01. The van der Waals surface area contributed by atoms with Crippen LogP contribution in [0.15, 0.2) is 48.2 Å². The Labute approximate surface area is 122 Å². The lowest BCUT2D eigenvalue weighted by molar-refractivity contribution is 0.0694.